The van der Waals surface area contributed by atoms with Crippen molar-refractivity contribution in [2.45, 2.75) is 42.9 Å². The SMILES string of the molecule is COc1ccc(C(=O)NNS(=O)(=O)c2ccc(C3CCCCC3)cc2)cc1. The first-order valence-corrected chi connectivity index (χ1v) is 10.5. The lowest BCUT2D eigenvalue weighted by Gasteiger charge is -2.22. The zero-order valence-electron chi connectivity index (χ0n) is 15.3. The zero-order valence-corrected chi connectivity index (χ0v) is 16.1. The van der Waals surface area contributed by atoms with E-state index in [2.05, 4.69) is 10.3 Å². The minimum absolute atomic E-state index is 0.122. The molecular formula is C20H24N2O4S. The van der Waals surface area contributed by atoms with Gasteiger partial charge in [0.15, 0.2) is 0 Å². The number of sulfonamides is 1. The van der Waals surface area contributed by atoms with Crippen LogP contribution in [0.15, 0.2) is 53.4 Å². The molecule has 3 rings (SSSR count). The molecule has 0 saturated heterocycles. The average molecular weight is 388 g/mol. The standard InChI is InChI=1S/C20H24N2O4S/c1-26-18-11-7-17(8-12-18)20(23)21-22-27(24,25)19-13-9-16(10-14-19)15-5-3-2-4-6-15/h7-15,22H,2-6H2,1H3,(H,21,23). The Kier molecular flexibility index (Phi) is 6.13. The molecule has 0 unspecified atom stereocenters. The number of ether oxygens (including phenoxy) is 1. The monoisotopic (exact) mass is 388 g/mol. The van der Waals surface area contributed by atoms with Crippen molar-refractivity contribution in [3.63, 3.8) is 0 Å². The zero-order chi connectivity index (χ0) is 19.3. The van der Waals surface area contributed by atoms with E-state index in [-0.39, 0.29) is 4.90 Å². The number of benzene rings is 2. The van der Waals surface area contributed by atoms with Crippen molar-refractivity contribution >= 4 is 15.9 Å². The largest absolute Gasteiger partial charge is 0.497 e. The van der Waals surface area contributed by atoms with Gasteiger partial charge in [-0.05, 0) is 60.7 Å². The van der Waals surface area contributed by atoms with Crippen LogP contribution in [-0.2, 0) is 10.0 Å². The van der Waals surface area contributed by atoms with Crippen LogP contribution in [0, 0.1) is 0 Å². The Balaban J connectivity index is 1.62. The van der Waals surface area contributed by atoms with Gasteiger partial charge in [-0.25, -0.2) is 8.42 Å². The molecule has 0 atom stereocenters. The van der Waals surface area contributed by atoms with Gasteiger partial charge in [-0.2, -0.15) is 0 Å². The molecule has 7 heteroatoms. The Morgan fingerprint density at radius 2 is 1.59 bits per heavy atom. The van der Waals surface area contributed by atoms with E-state index in [1.807, 2.05) is 12.1 Å². The Hall–Kier alpha value is -2.38. The average Bonchev–Trinajstić information content (AvgIpc) is 2.73. The van der Waals surface area contributed by atoms with Crippen LogP contribution in [0.5, 0.6) is 5.75 Å². The molecule has 1 aliphatic carbocycles. The third-order valence-corrected chi connectivity index (χ3v) is 6.18. The number of rotatable bonds is 6. The Bertz CT molecular complexity index is 871. The maximum Gasteiger partial charge on any atom is 0.266 e. The van der Waals surface area contributed by atoms with Crippen LogP contribution < -0.4 is 15.0 Å². The highest BCUT2D eigenvalue weighted by molar-refractivity contribution is 7.89. The number of carbonyl (C=O) groups excluding carboxylic acids is 1. The third kappa shape index (κ3) is 4.87. The van der Waals surface area contributed by atoms with Crippen LogP contribution in [0.3, 0.4) is 0 Å². The lowest BCUT2D eigenvalue weighted by Crippen LogP contribution is -2.41. The highest BCUT2D eigenvalue weighted by Gasteiger charge is 2.19. The highest BCUT2D eigenvalue weighted by Crippen LogP contribution is 2.32. The van der Waals surface area contributed by atoms with E-state index in [1.54, 1.807) is 36.4 Å². The van der Waals surface area contributed by atoms with Gasteiger partial charge in [0.25, 0.3) is 15.9 Å². The quantitative estimate of drug-likeness (QED) is 0.743. The van der Waals surface area contributed by atoms with Gasteiger partial charge in [-0.15, -0.1) is 4.83 Å². The third-order valence-electron chi connectivity index (χ3n) is 4.92. The Labute approximate surface area is 160 Å². The lowest BCUT2D eigenvalue weighted by molar-refractivity contribution is 0.0945. The molecule has 6 nitrogen and oxygen atoms in total. The predicted octanol–water partition coefficient (Wildman–Crippen LogP) is 3.37. The molecule has 144 valence electrons. The fourth-order valence-corrected chi connectivity index (χ4v) is 4.18. The molecule has 1 fully saturated rings. The number of hydrogen-bond acceptors (Lipinski definition) is 4. The molecule has 1 aliphatic rings. The summed E-state index contributed by atoms with van der Waals surface area (Å²) in [5.41, 5.74) is 3.74. The molecule has 2 aromatic rings. The first kappa shape index (κ1) is 19.4. The minimum atomic E-state index is -3.83. The van der Waals surface area contributed by atoms with E-state index < -0.39 is 15.9 Å². The van der Waals surface area contributed by atoms with Crippen LogP contribution in [0.2, 0.25) is 0 Å². The molecule has 0 spiro atoms. The molecule has 1 amide bonds. The van der Waals surface area contributed by atoms with Crippen molar-refractivity contribution in [2.24, 2.45) is 0 Å². The van der Waals surface area contributed by atoms with E-state index in [4.69, 9.17) is 4.74 Å². The second kappa shape index (κ2) is 8.54. The summed E-state index contributed by atoms with van der Waals surface area (Å²) in [6, 6.07) is 13.3. The second-order valence-electron chi connectivity index (χ2n) is 6.69. The van der Waals surface area contributed by atoms with Crippen LogP contribution in [0.25, 0.3) is 0 Å². The van der Waals surface area contributed by atoms with E-state index in [9.17, 15) is 13.2 Å². The molecule has 2 aromatic carbocycles. The van der Waals surface area contributed by atoms with Gasteiger partial charge >= 0.3 is 0 Å². The van der Waals surface area contributed by atoms with Crippen molar-refractivity contribution in [3.05, 3.63) is 59.7 Å². The molecule has 1 saturated carbocycles. The van der Waals surface area contributed by atoms with E-state index in [1.165, 1.54) is 31.9 Å². The predicted molar refractivity (Wildman–Crippen MR) is 103 cm³/mol. The van der Waals surface area contributed by atoms with Gasteiger partial charge < -0.3 is 4.74 Å². The number of methoxy groups -OCH3 is 1. The van der Waals surface area contributed by atoms with Gasteiger partial charge in [0.05, 0.1) is 12.0 Å². The second-order valence-corrected chi connectivity index (χ2v) is 8.37. The fraction of sp³-hybridized carbons (Fsp3) is 0.350. The summed E-state index contributed by atoms with van der Waals surface area (Å²) < 4.78 is 29.9. The van der Waals surface area contributed by atoms with E-state index >= 15 is 0 Å². The number of hydrogen-bond donors (Lipinski definition) is 2. The van der Waals surface area contributed by atoms with Gasteiger partial charge in [-0.1, -0.05) is 31.4 Å². The van der Waals surface area contributed by atoms with Gasteiger partial charge in [-0.3, -0.25) is 10.2 Å². The maximum atomic E-state index is 12.4. The molecule has 0 aromatic heterocycles. The summed E-state index contributed by atoms with van der Waals surface area (Å²) in [5.74, 6) is 0.587. The Morgan fingerprint density at radius 1 is 0.963 bits per heavy atom. The lowest BCUT2D eigenvalue weighted by atomic mass is 9.84. The van der Waals surface area contributed by atoms with Crippen LogP contribution in [0.1, 0.15) is 53.9 Å². The molecule has 2 N–H and O–H groups in total. The molecular weight excluding hydrogens is 364 g/mol. The van der Waals surface area contributed by atoms with Gasteiger partial charge in [0.2, 0.25) is 0 Å². The van der Waals surface area contributed by atoms with Crippen LogP contribution in [0.4, 0.5) is 0 Å². The summed E-state index contributed by atoms with van der Waals surface area (Å²) in [7, 11) is -2.30. The van der Waals surface area contributed by atoms with E-state index in [0.717, 1.165) is 12.8 Å². The molecule has 0 heterocycles. The normalized spacial score (nSPS) is 15.3. The summed E-state index contributed by atoms with van der Waals surface area (Å²) in [6.45, 7) is 0. The highest BCUT2D eigenvalue weighted by atomic mass is 32.2. The fourth-order valence-electron chi connectivity index (χ4n) is 3.34. The first-order chi connectivity index (χ1) is 13.0. The van der Waals surface area contributed by atoms with Crippen molar-refractivity contribution in [2.75, 3.05) is 7.11 Å². The van der Waals surface area contributed by atoms with Crippen molar-refractivity contribution in [1.82, 2.24) is 10.3 Å². The summed E-state index contributed by atoms with van der Waals surface area (Å²) in [6.07, 6.45) is 6.04. The number of carbonyl (C=O) groups is 1. The van der Waals surface area contributed by atoms with Gasteiger partial charge in [0.1, 0.15) is 5.75 Å². The molecule has 0 aliphatic heterocycles. The smallest absolute Gasteiger partial charge is 0.266 e. The maximum absolute atomic E-state index is 12.4. The number of hydrazine groups is 1. The minimum Gasteiger partial charge on any atom is -0.497 e. The molecule has 27 heavy (non-hydrogen) atoms. The van der Waals surface area contributed by atoms with E-state index in [0.29, 0.717) is 17.2 Å². The summed E-state index contributed by atoms with van der Waals surface area (Å²) in [4.78, 5) is 14.4. The van der Waals surface area contributed by atoms with Crippen LogP contribution in [-0.4, -0.2) is 21.4 Å². The van der Waals surface area contributed by atoms with Crippen molar-refractivity contribution in [3.8, 4) is 5.75 Å². The Morgan fingerprint density at radius 3 is 2.19 bits per heavy atom. The van der Waals surface area contributed by atoms with Crippen LogP contribution >= 0.6 is 0 Å². The topological polar surface area (TPSA) is 84.5 Å². The molecule has 0 radical (unpaired) electrons. The number of nitrogens with one attached hydrogen (secondary N) is 2. The molecule has 0 bridgehead atoms. The first-order valence-electron chi connectivity index (χ1n) is 9.06. The summed E-state index contributed by atoms with van der Waals surface area (Å²) >= 11 is 0. The van der Waals surface area contributed by atoms with Crippen molar-refractivity contribution in [1.29, 1.82) is 0 Å². The van der Waals surface area contributed by atoms with Crippen molar-refractivity contribution < 1.29 is 17.9 Å². The number of amides is 1. The summed E-state index contributed by atoms with van der Waals surface area (Å²) in [5, 5.41) is 0. The van der Waals surface area contributed by atoms with Gasteiger partial charge in [0, 0.05) is 5.56 Å².